The fourth-order valence-corrected chi connectivity index (χ4v) is 2.92. The quantitative estimate of drug-likeness (QED) is 0.474. The largest absolute Gasteiger partial charge is 0.365 e. The molecule has 5 nitrogen and oxygen atoms in total. The molecule has 2 heterocycles. The average Bonchev–Trinajstić information content (AvgIpc) is 2.88. The smallest absolute Gasteiger partial charge is 0.224 e. The number of nitrogens with one attached hydrogen (secondary N) is 1. The number of rotatable bonds is 4. The maximum atomic E-state index is 5.83. The zero-order valence-electron chi connectivity index (χ0n) is 12.6. The Hall–Kier alpha value is -1.67. The van der Waals surface area contributed by atoms with Crippen LogP contribution in [0, 0.1) is 17.4 Å². The van der Waals surface area contributed by atoms with Crippen LogP contribution in [0.15, 0.2) is 35.0 Å². The van der Waals surface area contributed by atoms with Crippen LogP contribution in [-0.4, -0.2) is 15.1 Å². The predicted molar refractivity (Wildman–Crippen MR) is 98.5 cm³/mol. The molecule has 0 saturated heterocycles. The zero-order valence-corrected chi connectivity index (χ0v) is 15.5. The monoisotopic (exact) mass is 440 g/mol. The Morgan fingerprint density at radius 1 is 1.22 bits per heavy atom. The Bertz CT molecular complexity index is 813. The minimum Gasteiger partial charge on any atom is -0.365 e. The third-order valence-electron chi connectivity index (χ3n) is 3.45. The van der Waals surface area contributed by atoms with Gasteiger partial charge >= 0.3 is 0 Å². The molecule has 23 heavy (non-hydrogen) atoms. The van der Waals surface area contributed by atoms with E-state index in [0.29, 0.717) is 6.54 Å². The van der Waals surface area contributed by atoms with E-state index >= 15 is 0 Å². The Labute approximate surface area is 152 Å². The number of aromatic nitrogens is 3. The second kappa shape index (κ2) is 6.84. The zero-order chi connectivity index (χ0) is 16.4. The molecule has 3 rings (SSSR count). The molecule has 0 atom stereocenters. The van der Waals surface area contributed by atoms with Gasteiger partial charge < -0.3 is 9.84 Å². The Kier molecular flexibility index (Phi) is 4.82. The summed E-state index contributed by atoms with van der Waals surface area (Å²) in [4.78, 5) is 8.13. The fraction of sp³-hybridized carbons (Fsp3) is 0.188. The predicted octanol–water partition coefficient (Wildman–Crippen LogP) is 4.62. The summed E-state index contributed by atoms with van der Waals surface area (Å²) in [6.45, 7) is 4.53. The van der Waals surface area contributed by atoms with Crippen molar-refractivity contribution in [3.8, 4) is 11.1 Å². The summed E-state index contributed by atoms with van der Waals surface area (Å²) >= 11 is 8.00. The minimum absolute atomic E-state index is 0.238. The highest BCUT2D eigenvalue weighted by Gasteiger charge is 2.11. The molecule has 0 aliphatic carbocycles. The van der Waals surface area contributed by atoms with Crippen molar-refractivity contribution in [2.75, 3.05) is 5.32 Å². The number of halogens is 2. The highest BCUT2D eigenvalue weighted by molar-refractivity contribution is 14.1. The third kappa shape index (κ3) is 3.64. The van der Waals surface area contributed by atoms with E-state index in [4.69, 9.17) is 16.1 Å². The number of nitrogens with zero attached hydrogens (tertiary/aromatic N) is 3. The molecule has 1 N–H and O–H groups in total. The van der Waals surface area contributed by atoms with Gasteiger partial charge in [-0.25, -0.2) is 4.98 Å². The third-order valence-corrected chi connectivity index (χ3v) is 4.42. The van der Waals surface area contributed by atoms with Gasteiger partial charge in [0.2, 0.25) is 5.28 Å². The van der Waals surface area contributed by atoms with Crippen molar-refractivity contribution in [1.29, 1.82) is 0 Å². The van der Waals surface area contributed by atoms with Gasteiger partial charge in [0, 0.05) is 18.3 Å². The Morgan fingerprint density at radius 3 is 2.61 bits per heavy atom. The fourth-order valence-electron chi connectivity index (χ4n) is 2.34. The average molecular weight is 441 g/mol. The van der Waals surface area contributed by atoms with Crippen LogP contribution < -0.4 is 5.32 Å². The number of hydrogen-bond donors (Lipinski definition) is 1. The summed E-state index contributed by atoms with van der Waals surface area (Å²) in [7, 11) is 0. The molecule has 2 aromatic heterocycles. The van der Waals surface area contributed by atoms with Crippen LogP contribution in [0.3, 0.4) is 0 Å². The summed E-state index contributed by atoms with van der Waals surface area (Å²) in [5, 5.41) is 7.50. The molecule has 0 bridgehead atoms. The van der Waals surface area contributed by atoms with Gasteiger partial charge in [-0.05, 0) is 59.2 Å². The van der Waals surface area contributed by atoms with Crippen molar-refractivity contribution < 1.29 is 4.52 Å². The molecule has 0 fully saturated rings. The first-order valence-electron chi connectivity index (χ1n) is 6.98. The molecule has 0 saturated carbocycles. The lowest BCUT2D eigenvalue weighted by Crippen LogP contribution is -2.04. The minimum atomic E-state index is 0.238. The van der Waals surface area contributed by atoms with Crippen LogP contribution in [0.1, 0.15) is 17.0 Å². The van der Waals surface area contributed by atoms with E-state index in [-0.39, 0.29) is 5.28 Å². The van der Waals surface area contributed by atoms with Crippen molar-refractivity contribution in [3.05, 3.63) is 56.3 Å². The Morgan fingerprint density at radius 2 is 1.96 bits per heavy atom. The molecular formula is C16H14ClIN4O. The molecule has 0 aliphatic rings. The molecule has 0 unspecified atom stereocenters. The molecule has 0 spiro atoms. The van der Waals surface area contributed by atoms with E-state index in [1.165, 1.54) is 0 Å². The molecule has 1 aromatic carbocycles. The summed E-state index contributed by atoms with van der Waals surface area (Å²) in [6.07, 6.45) is 1.69. The maximum absolute atomic E-state index is 5.83. The highest BCUT2D eigenvalue weighted by atomic mass is 127. The van der Waals surface area contributed by atoms with Gasteiger partial charge in [0.25, 0.3) is 0 Å². The standard InChI is InChI=1S/C16H14ClIN4O/c1-9-14(10(2)23-22-9)12-5-3-11(4-6-12)7-19-15-13(18)8-20-16(17)21-15/h3-6,8H,7H2,1-2H3,(H,19,20,21). The van der Waals surface area contributed by atoms with Crippen molar-refractivity contribution in [2.45, 2.75) is 20.4 Å². The summed E-state index contributed by atoms with van der Waals surface area (Å²) < 4.78 is 6.15. The number of aryl methyl sites for hydroxylation is 2. The lowest BCUT2D eigenvalue weighted by atomic mass is 10.0. The lowest BCUT2D eigenvalue weighted by molar-refractivity contribution is 0.393. The molecule has 3 aromatic rings. The van der Waals surface area contributed by atoms with Gasteiger partial charge in [0.15, 0.2) is 0 Å². The van der Waals surface area contributed by atoms with Crippen molar-refractivity contribution in [3.63, 3.8) is 0 Å². The summed E-state index contributed by atoms with van der Waals surface area (Å²) in [6, 6.07) is 8.29. The molecule has 0 aliphatic heterocycles. The van der Waals surface area contributed by atoms with Crippen LogP contribution in [0.2, 0.25) is 5.28 Å². The first-order chi connectivity index (χ1) is 11.0. The van der Waals surface area contributed by atoms with E-state index in [1.54, 1.807) is 6.20 Å². The van der Waals surface area contributed by atoms with E-state index < -0.39 is 0 Å². The molecule has 7 heteroatoms. The summed E-state index contributed by atoms with van der Waals surface area (Å²) in [5.74, 6) is 1.57. The number of anilines is 1. The summed E-state index contributed by atoms with van der Waals surface area (Å²) in [5.41, 5.74) is 4.20. The van der Waals surface area contributed by atoms with E-state index in [1.807, 2.05) is 13.8 Å². The van der Waals surface area contributed by atoms with Crippen LogP contribution in [-0.2, 0) is 6.54 Å². The van der Waals surface area contributed by atoms with Crippen LogP contribution >= 0.6 is 34.2 Å². The normalized spacial score (nSPS) is 10.8. The second-order valence-electron chi connectivity index (χ2n) is 5.09. The highest BCUT2D eigenvalue weighted by Crippen LogP contribution is 2.27. The van der Waals surface area contributed by atoms with Crippen molar-refractivity contribution in [2.24, 2.45) is 0 Å². The van der Waals surface area contributed by atoms with E-state index in [2.05, 4.69) is 67.3 Å². The van der Waals surface area contributed by atoms with Crippen molar-refractivity contribution in [1.82, 2.24) is 15.1 Å². The molecule has 118 valence electrons. The van der Waals surface area contributed by atoms with E-state index in [9.17, 15) is 0 Å². The van der Waals surface area contributed by atoms with Gasteiger partial charge in [-0.2, -0.15) is 4.98 Å². The molecule has 0 amide bonds. The maximum Gasteiger partial charge on any atom is 0.224 e. The first kappa shape index (κ1) is 16.2. The van der Waals surface area contributed by atoms with Gasteiger partial charge in [-0.3, -0.25) is 0 Å². The van der Waals surface area contributed by atoms with Crippen LogP contribution in [0.25, 0.3) is 11.1 Å². The topological polar surface area (TPSA) is 63.8 Å². The SMILES string of the molecule is Cc1noc(C)c1-c1ccc(CNc2nc(Cl)ncc2I)cc1. The van der Waals surface area contributed by atoms with Crippen LogP contribution in [0.5, 0.6) is 0 Å². The molecular weight excluding hydrogens is 427 g/mol. The second-order valence-corrected chi connectivity index (χ2v) is 6.59. The van der Waals surface area contributed by atoms with Gasteiger partial charge in [-0.15, -0.1) is 0 Å². The van der Waals surface area contributed by atoms with Crippen LogP contribution in [0.4, 0.5) is 5.82 Å². The van der Waals surface area contributed by atoms with Gasteiger partial charge in [0.1, 0.15) is 11.6 Å². The van der Waals surface area contributed by atoms with E-state index in [0.717, 1.165) is 37.5 Å². The molecule has 0 radical (unpaired) electrons. The lowest BCUT2D eigenvalue weighted by Gasteiger charge is -2.08. The first-order valence-corrected chi connectivity index (χ1v) is 8.44. The Balaban J connectivity index is 1.74. The van der Waals surface area contributed by atoms with Gasteiger partial charge in [0.05, 0.1) is 9.26 Å². The number of hydrogen-bond acceptors (Lipinski definition) is 5. The van der Waals surface area contributed by atoms with Crippen molar-refractivity contribution >= 4 is 40.0 Å². The van der Waals surface area contributed by atoms with Gasteiger partial charge in [-0.1, -0.05) is 29.4 Å². The number of benzene rings is 1.